The summed E-state index contributed by atoms with van der Waals surface area (Å²) >= 11 is 0. The topological polar surface area (TPSA) is 43.8 Å². The van der Waals surface area contributed by atoms with Crippen LogP contribution in [0.5, 0.6) is 0 Å². The molecule has 0 aliphatic heterocycles. The van der Waals surface area contributed by atoms with Gasteiger partial charge in [-0.1, -0.05) is 13.8 Å². The second-order valence-corrected chi connectivity index (χ2v) is 5.80. The average molecular weight is 263 g/mol. The monoisotopic (exact) mass is 263 g/mol. The van der Waals surface area contributed by atoms with E-state index in [2.05, 4.69) is 37.2 Å². The van der Waals surface area contributed by atoms with Crippen molar-refractivity contribution >= 4 is 11.0 Å². The third kappa shape index (κ3) is 2.78. The van der Waals surface area contributed by atoms with Crippen LogP contribution in [-0.2, 0) is 0 Å². The molecule has 0 fully saturated rings. The molecule has 0 amide bonds. The van der Waals surface area contributed by atoms with Crippen LogP contribution in [0.15, 0.2) is 18.2 Å². The number of benzene rings is 1. The van der Waals surface area contributed by atoms with E-state index in [1.807, 2.05) is 0 Å². The molecular formula is C15H22FN3. The normalized spacial score (nSPS) is 13.7. The van der Waals surface area contributed by atoms with Crippen molar-refractivity contribution in [1.29, 1.82) is 0 Å². The Morgan fingerprint density at radius 1 is 1.26 bits per heavy atom. The minimum Gasteiger partial charge on any atom is -0.324 e. The van der Waals surface area contributed by atoms with E-state index < -0.39 is 0 Å². The van der Waals surface area contributed by atoms with Crippen molar-refractivity contribution in [3.63, 3.8) is 0 Å². The smallest absolute Gasteiger partial charge is 0.127 e. The van der Waals surface area contributed by atoms with Crippen LogP contribution < -0.4 is 5.73 Å². The first-order chi connectivity index (χ1) is 8.90. The Morgan fingerprint density at radius 3 is 2.53 bits per heavy atom. The second-order valence-electron chi connectivity index (χ2n) is 5.80. The van der Waals surface area contributed by atoms with Gasteiger partial charge in [0.2, 0.25) is 0 Å². The van der Waals surface area contributed by atoms with Gasteiger partial charge in [0.05, 0.1) is 17.1 Å². The van der Waals surface area contributed by atoms with E-state index in [4.69, 9.17) is 5.73 Å². The molecule has 19 heavy (non-hydrogen) atoms. The van der Waals surface area contributed by atoms with Crippen molar-refractivity contribution in [3.8, 4) is 0 Å². The molecule has 1 atom stereocenters. The molecular weight excluding hydrogens is 241 g/mol. The van der Waals surface area contributed by atoms with Gasteiger partial charge < -0.3 is 10.3 Å². The summed E-state index contributed by atoms with van der Waals surface area (Å²) in [5, 5.41) is 0. The van der Waals surface area contributed by atoms with E-state index in [0.717, 1.165) is 17.8 Å². The molecule has 0 aliphatic rings. The Balaban J connectivity index is 2.56. The summed E-state index contributed by atoms with van der Waals surface area (Å²) in [6.45, 7) is 8.47. The largest absolute Gasteiger partial charge is 0.324 e. The van der Waals surface area contributed by atoms with Gasteiger partial charge >= 0.3 is 0 Å². The summed E-state index contributed by atoms with van der Waals surface area (Å²) in [6, 6.07) is 4.87. The molecule has 1 heterocycles. The average Bonchev–Trinajstić information content (AvgIpc) is 2.66. The number of nitrogens with two attached hydrogens (primary N) is 1. The lowest BCUT2D eigenvalue weighted by Crippen LogP contribution is -2.19. The number of halogens is 1. The third-order valence-electron chi connectivity index (χ3n) is 3.25. The number of hydrogen-bond donors (Lipinski definition) is 1. The Bertz CT molecular complexity index is 572. The van der Waals surface area contributed by atoms with E-state index in [1.165, 1.54) is 12.1 Å². The zero-order valence-corrected chi connectivity index (χ0v) is 12.0. The van der Waals surface area contributed by atoms with Crippen molar-refractivity contribution < 1.29 is 4.39 Å². The van der Waals surface area contributed by atoms with Crippen LogP contribution in [0.2, 0.25) is 0 Å². The van der Waals surface area contributed by atoms with Gasteiger partial charge in [-0.05, 0) is 38.3 Å². The lowest BCUT2D eigenvalue weighted by molar-refractivity contribution is 0.463. The summed E-state index contributed by atoms with van der Waals surface area (Å²) in [6.07, 6.45) is 0.874. The molecule has 3 nitrogen and oxygen atoms in total. The maximum Gasteiger partial charge on any atom is 0.127 e. The molecule has 0 aliphatic carbocycles. The van der Waals surface area contributed by atoms with Crippen molar-refractivity contribution in [2.75, 3.05) is 0 Å². The van der Waals surface area contributed by atoms with Gasteiger partial charge in [0, 0.05) is 12.1 Å². The first kappa shape index (κ1) is 14.0. The summed E-state index contributed by atoms with van der Waals surface area (Å²) in [5.74, 6) is 1.10. The molecule has 2 rings (SSSR count). The SMILES string of the molecule is CC(C)CC(N)c1nc2cc(F)ccc2n1C(C)C. The number of imidazole rings is 1. The molecule has 0 spiro atoms. The number of rotatable bonds is 4. The fourth-order valence-electron chi connectivity index (χ4n) is 2.51. The lowest BCUT2D eigenvalue weighted by atomic mass is 10.0. The van der Waals surface area contributed by atoms with Gasteiger partial charge in [0.25, 0.3) is 0 Å². The highest BCUT2D eigenvalue weighted by atomic mass is 19.1. The Labute approximate surface area is 113 Å². The number of aromatic nitrogens is 2. The van der Waals surface area contributed by atoms with Crippen LogP contribution in [0.4, 0.5) is 4.39 Å². The second kappa shape index (κ2) is 5.29. The quantitative estimate of drug-likeness (QED) is 0.911. The summed E-state index contributed by atoms with van der Waals surface area (Å²) in [7, 11) is 0. The van der Waals surface area contributed by atoms with Gasteiger partial charge in [0.15, 0.2) is 0 Å². The standard InChI is InChI=1S/C15H22FN3/c1-9(2)7-12(17)15-18-13-8-11(16)5-6-14(13)19(15)10(3)4/h5-6,8-10,12H,7,17H2,1-4H3. The molecule has 1 aromatic heterocycles. The zero-order chi connectivity index (χ0) is 14.2. The van der Waals surface area contributed by atoms with Crippen LogP contribution >= 0.6 is 0 Å². The lowest BCUT2D eigenvalue weighted by Gasteiger charge is -2.18. The highest BCUT2D eigenvalue weighted by Gasteiger charge is 2.19. The predicted molar refractivity (Wildman–Crippen MR) is 76.5 cm³/mol. The van der Waals surface area contributed by atoms with Gasteiger partial charge in [0.1, 0.15) is 11.6 Å². The molecule has 4 heteroatoms. The summed E-state index contributed by atoms with van der Waals surface area (Å²) in [4.78, 5) is 4.55. The van der Waals surface area contributed by atoms with E-state index in [1.54, 1.807) is 6.07 Å². The van der Waals surface area contributed by atoms with E-state index >= 15 is 0 Å². The molecule has 0 bridgehead atoms. The van der Waals surface area contributed by atoms with Gasteiger partial charge in [-0.2, -0.15) is 0 Å². The maximum absolute atomic E-state index is 13.3. The number of fused-ring (bicyclic) bond motifs is 1. The number of nitrogens with zero attached hydrogens (tertiary/aromatic N) is 2. The fraction of sp³-hybridized carbons (Fsp3) is 0.533. The highest BCUT2D eigenvalue weighted by Crippen LogP contribution is 2.27. The maximum atomic E-state index is 13.3. The van der Waals surface area contributed by atoms with E-state index in [-0.39, 0.29) is 17.9 Å². The van der Waals surface area contributed by atoms with Crippen molar-refractivity contribution in [1.82, 2.24) is 9.55 Å². The fourth-order valence-corrected chi connectivity index (χ4v) is 2.51. The predicted octanol–water partition coefficient (Wildman–Crippen LogP) is 3.80. The van der Waals surface area contributed by atoms with Crippen LogP contribution in [-0.4, -0.2) is 9.55 Å². The van der Waals surface area contributed by atoms with Crippen LogP contribution in [0, 0.1) is 11.7 Å². The minimum absolute atomic E-state index is 0.113. The molecule has 0 saturated carbocycles. The molecule has 2 aromatic rings. The Hall–Kier alpha value is -1.42. The van der Waals surface area contributed by atoms with Crippen molar-refractivity contribution in [2.45, 2.75) is 46.2 Å². The summed E-state index contributed by atoms with van der Waals surface area (Å²) < 4.78 is 15.4. The molecule has 1 unspecified atom stereocenters. The zero-order valence-electron chi connectivity index (χ0n) is 12.0. The van der Waals surface area contributed by atoms with Gasteiger partial charge in [-0.25, -0.2) is 9.37 Å². The van der Waals surface area contributed by atoms with Gasteiger partial charge in [-0.3, -0.25) is 0 Å². The molecule has 1 aromatic carbocycles. The van der Waals surface area contributed by atoms with Crippen molar-refractivity contribution in [3.05, 3.63) is 29.8 Å². The number of hydrogen-bond acceptors (Lipinski definition) is 2. The van der Waals surface area contributed by atoms with Crippen molar-refractivity contribution in [2.24, 2.45) is 11.7 Å². The first-order valence-electron chi connectivity index (χ1n) is 6.83. The van der Waals surface area contributed by atoms with Crippen LogP contribution in [0.1, 0.15) is 52.0 Å². The molecule has 2 N–H and O–H groups in total. The minimum atomic E-state index is -0.259. The molecule has 0 saturated heterocycles. The van der Waals surface area contributed by atoms with Crippen LogP contribution in [0.3, 0.4) is 0 Å². The van der Waals surface area contributed by atoms with E-state index in [0.29, 0.717) is 11.4 Å². The van der Waals surface area contributed by atoms with E-state index in [9.17, 15) is 4.39 Å². The Kier molecular flexibility index (Phi) is 3.90. The Morgan fingerprint density at radius 2 is 1.95 bits per heavy atom. The highest BCUT2D eigenvalue weighted by molar-refractivity contribution is 5.76. The third-order valence-corrected chi connectivity index (χ3v) is 3.25. The van der Waals surface area contributed by atoms with Crippen LogP contribution in [0.25, 0.3) is 11.0 Å². The molecule has 0 radical (unpaired) electrons. The first-order valence-corrected chi connectivity index (χ1v) is 6.83. The molecule has 104 valence electrons. The van der Waals surface area contributed by atoms with Gasteiger partial charge in [-0.15, -0.1) is 0 Å². The summed E-state index contributed by atoms with van der Waals surface area (Å²) in [5.41, 5.74) is 7.89.